The van der Waals surface area contributed by atoms with E-state index in [0.29, 0.717) is 11.6 Å². The summed E-state index contributed by atoms with van der Waals surface area (Å²) in [5, 5.41) is 3.27. The number of carbonyl (C=O) groups excluding carboxylic acids is 1. The van der Waals surface area contributed by atoms with Crippen molar-refractivity contribution in [1.82, 2.24) is 20.2 Å². The fourth-order valence-electron chi connectivity index (χ4n) is 4.47. The van der Waals surface area contributed by atoms with Crippen LogP contribution in [0.5, 0.6) is 0 Å². The van der Waals surface area contributed by atoms with Gasteiger partial charge in [-0.3, -0.25) is 4.79 Å². The largest absolute Gasteiger partial charge is 0.346 e. The van der Waals surface area contributed by atoms with E-state index in [0.717, 1.165) is 31.3 Å². The maximum absolute atomic E-state index is 13.0. The fourth-order valence-corrected chi connectivity index (χ4v) is 4.47. The summed E-state index contributed by atoms with van der Waals surface area (Å²) in [5.74, 6) is 1.60. The third kappa shape index (κ3) is 3.70. The Balaban J connectivity index is 1.54. The standard InChI is InChI=1S/C20H31N5O/c1-14(2)16-12-17(23-20(22-16)25-8-4-3-5-9-25)19(26)21-18-13-24-10-6-15(18)7-11-24/h12,14-15,18H,3-11,13H2,1-2H3,(H,21,26). The van der Waals surface area contributed by atoms with E-state index in [9.17, 15) is 4.79 Å². The Morgan fingerprint density at radius 2 is 1.85 bits per heavy atom. The summed E-state index contributed by atoms with van der Waals surface area (Å²) in [5.41, 5.74) is 1.49. The van der Waals surface area contributed by atoms with E-state index in [1.165, 1.54) is 45.2 Å². The molecule has 1 amide bonds. The number of piperidine rings is 4. The number of anilines is 1. The van der Waals surface area contributed by atoms with Gasteiger partial charge in [0.1, 0.15) is 5.69 Å². The molecule has 2 bridgehead atoms. The Bertz CT molecular complexity index is 648. The summed E-state index contributed by atoms with van der Waals surface area (Å²) in [6, 6.07) is 2.15. The third-order valence-electron chi connectivity index (χ3n) is 6.17. The molecular weight excluding hydrogens is 326 g/mol. The van der Waals surface area contributed by atoms with E-state index in [1.807, 2.05) is 6.07 Å². The van der Waals surface area contributed by atoms with Crippen LogP contribution in [-0.2, 0) is 0 Å². The molecule has 0 aliphatic carbocycles. The minimum absolute atomic E-state index is 0.0358. The minimum atomic E-state index is -0.0358. The molecule has 5 heterocycles. The van der Waals surface area contributed by atoms with E-state index in [-0.39, 0.29) is 17.9 Å². The summed E-state index contributed by atoms with van der Waals surface area (Å²) in [6.07, 6.45) is 6.02. The van der Waals surface area contributed by atoms with Crippen molar-refractivity contribution in [2.24, 2.45) is 5.92 Å². The van der Waals surface area contributed by atoms with Crippen molar-refractivity contribution in [3.63, 3.8) is 0 Å². The monoisotopic (exact) mass is 357 g/mol. The highest BCUT2D eigenvalue weighted by molar-refractivity contribution is 5.93. The van der Waals surface area contributed by atoms with Gasteiger partial charge in [0.05, 0.1) is 0 Å². The lowest BCUT2D eigenvalue weighted by Gasteiger charge is -2.44. The smallest absolute Gasteiger partial charge is 0.270 e. The van der Waals surface area contributed by atoms with E-state index in [1.54, 1.807) is 0 Å². The minimum Gasteiger partial charge on any atom is -0.346 e. The zero-order valence-corrected chi connectivity index (χ0v) is 16.1. The zero-order valence-electron chi connectivity index (χ0n) is 16.1. The van der Waals surface area contributed by atoms with Crippen molar-refractivity contribution in [2.75, 3.05) is 37.6 Å². The number of rotatable bonds is 4. The Hall–Kier alpha value is -1.69. The average Bonchev–Trinajstić information content (AvgIpc) is 2.69. The van der Waals surface area contributed by atoms with Gasteiger partial charge in [-0.1, -0.05) is 13.8 Å². The quantitative estimate of drug-likeness (QED) is 0.897. The van der Waals surface area contributed by atoms with E-state index in [2.05, 4.69) is 33.9 Å². The highest BCUT2D eigenvalue weighted by atomic mass is 16.2. The van der Waals surface area contributed by atoms with Gasteiger partial charge in [-0.15, -0.1) is 0 Å². The second-order valence-corrected chi connectivity index (χ2v) is 8.40. The third-order valence-corrected chi connectivity index (χ3v) is 6.17. The van der Waals surface area contributed by atoms with Crippen LogP contribution in [0.3, 0.4) is 0 Å². The van der Waals surface area contributed by atoms with Gasteiger partial charge in [0, 0.05) is 31.4 Å². The molecule has 1 atom stereocenters. The number of nitrogens with zero attached hydrogens (tertiary/aromatic N) is 4. The lowest BCUT2D eigenvalue weighted by molar-refractivity contribution is 0.0617. The van der Waals surface area contributed by atoms with Crippen LogP contribution in [0, 0.1) is 5.92 Å². The normalized spacial score (nSPS) is 28.4. The molecule has 6 nitrogen and oxygen atoms in total. The van der Waals surface area contributed by atoms with Crippen LogP contribution in [0.25, 0.3) is 0 Å². The molecular formula is C20H31N5O. The van der Waals surface area contributed by atoms with Gasteiger partial charge < -0.3 is 15.1 Å². The number of nitrogens with one attached hydrogen (secondary N) is 1. The van der Waals surface area contributed by atoms with Crippen molar-refractivity contribution in [2.45, 2.75) is 57.9 Å². The lowest BCUT2D eigenvalue weighted by atomic mass is 9.84. The molecule has 142 valence electrons. The number of aromatic nitrogens is 2. The number of amides is 1. The molecule has 5 rings (SSSR count). The van der Waals surface area contributed by atoms with Gasteiger partial charge in [-0.25, -0.2) is 9.97 Å². The number of carbonyl (C=O) groups is 1. The Labute approximate surface area is 156 Å². The molecule has 6 heteroatoms. The topological polar surface area (TPSA) is 61.4 Å². The molecule has 1 aromatic rings. The van der Waals surface area contributed by atoms with Gasteiger partial charge >= 0.3 is 0 Å². The van der Waals surface area contributed by atoms with E-state index >= 15 is 0 Å². The second kappa shape index (κ2) is 7.51. The Morgan fingerprint density at radius 1 is 1.12 bits per heavy atom. The van der Waals surface area contributed by atoms with Gasteiger partial charge in [-0.05, 0) is 63.1 Å². The predicted octanol–water partition coefficient (Wildman–Crippen LogP) is 2.41. The van der Waals surface area contributed by atoms with Crippen LogP contribution in [0.15, 0.2) is 6.07 Å². The summed E-state index contributed by atoms with van der Waals surface area (Å²) in [7, 11) is 0. The summed E-state index contributed by atoms with van der Waals surface area (Å²) < 4.78 is 0. The van der Waals surface area contributed by atoms with Crippen molar-refractivity contribution in [1.29, 1.82) is 0 Å². The van der Waals surface area contributed by atoms with E-state index in [4.69, 9.17) is 4.98 Å². The van der Waals surface area contributed by atoms with Crippen molar-refractivity contribution < 1.29 is 4.79 Å². The molecule has 1 unspecified atom stereocenters. The average molecular weight is 358 g/mol. The first-order chi connectivity index (χ1) is 12.6. The van der Waals surface area contributed by atoms with Gasteiger partial charge in [0.2, 0.25) is 5.95 Å². The summed E-state index contributed by atoms with van der Waals surface area (Å²) >= 11 is 0. The van der Waals surface area contributed by atoms with Crippen LogP contribution in [0.2, 0.25) is 0 Å². The molecule has 0 aromatic carbocycles. The van der Waals surface area contributed by atoms with Crippen LogP contribution in [0.1, 0.15) is 68.1 Å². The molecule has 4 aliphatic rings. The number of hydrogen-bond donors (Lipinski definition) is 1. The molecule has 0 radical (unpaired) electrons. The lowest BCUT2D eigenvalue weighted by Crippen LogP contribution is -2.57. The molecule has 26 heavy (non-hydrogen) atoms. The van der Waals surface area contributed by atoms with Gasteiger partial charge in [0.25, 0.3) is 5.91 Å². The zero-order chi connectivity index (χ0) is 18.1. The second-order valence-electron chi connectivity index (χ2n) is 8.40. The highest BCUT2D eigenvalue weighted by Gasteiger charge is 2.35. The van der Waals surface area contributed by atoms with Crippen molar-refractivity contribution in [3.05, 3.63) is 17.5 Å². The molecule has 0 spiro atoms. The van der Waals surface area contributed by atoms with E-state index < -0.39 is 0 Å². The molecule has 4 saturated heterocycles. The van der Waals surface area contributed by atoms with Crippen LogP contribution >= 0.6 is 0 Å². The maximum atomic E-state index is 13.0. The molecule has 4 aliphatic heterocycles. The maximum Gasteiger partial charge on any atom is 0.270 e. The van der Waals surface area contributed by atoms with Gasteiger partial charge in [-0.2, -0.15) is 0 Å². The Kier molecular flexibility index (Phi) is 5.11. The predicted molar refractivity (Wildman–Crippen MR) is 103 cm³/mol. The van der Waals surface area contributed by atoms with Gasteiger partial charge in [0.15, 0.2) is 0 Å². The first-order valence-corrected chi connectivity index (χ1v) is 10.3. The first-order valence-electron chi connectivity index (χ1n) is 10.3. The summed E-state index contributed by atoms with van der Waals surface area (Å²) in [6.45, 7) is 9.57. The molecule has 1 N–H and O–H groups in total. The van der Waals surface area contributed by atoms with Crippen LogP contribution in [0.4, 0.5) is 5.95 Å². The van der Waals surface area contributed by atoms with Crippen molar-refractivity contribution >= 4 is 11.9 Å². The number of hydrogen-bond acceptors (Lipinski definition) is 5. The number of fused-ring (bicyclic) bond motifs is 3. The Morgan fingerprint density at radius 3 is 2.46 bits per heavy atom. The van der Waals surface area contributed by atoms with Crippen molar-refractivity contribution in [3.8, 4) is 0 Å². The summed E-state index contributed by atoms with van der Waals surface area (Å²) in [4.78, 5) is 27.1. The fraction of sp³-hybridized carbons (Fsp3) is 0.750. The molecule has 0 saturated carbocycles. The van der Waals surface area contributed by atoms with Crippen LogP contribution < -0.4 is 10.2 Å². The first kappa shape index (κ1) is 17.7. The molecule has 1 aromatic heterocycles. The van der Waals surface area contributed by atoms with Crippen LogP contribution in [-0.4, -0.2) is 59.5 Å². The SMILES string of the molecule is CC(C)c1cc(C(=O)NC2CN3CCC2CC3)nc(N2CCCCC2)n1. The molecule has 4 fully saturated rings. The highest BCUT2D eigenvalue weighted by Crippen LogP contribution is 2.28.